The number of likely N-dealkylation sites (N-methyl/N-ethyl adjacent to an activating group) is 1. The van der Waals surface area contributed by atoms with Gasteiger partial charge >= 0.3 is 0 Å². The molecule has 16 heavy (non-hydrogen) atoms. The van der Waals surface area contributed by atoms with E-state index < -0.39 is 0 Å². The fraction of sp³-hybridized carbons (Fsp3) is 1.00. The third kappa shape index (κ3) is 9.17. The summed E-state index contributed by atoms with van der Waals surface area (Å²) < 4.78 is 0. The van der Waals surface area contributed by atoms with Gasteiger partial charge in [0.25, 0.3) is 0 Å². The van der Waals surface area contributed by atoms with E-state index >= 15 is 0 Å². The van der Waals surface area contributed by atoms with Crippen molar-refractivity contribution in [2.45, 2.75) is 59.9 Å². The molecule has 0 bridgehead atoms. The van der Waals surface area contributed by atoms with Gasteiger partial charge in [0, 0.05) is 19.1 Å². The minimum absolute atomic E-state index is 0.669. The van der Waals surface area contributed by atoms with Crippen molar-refractivity contribution < 1.29 is 0 Å². The molecule has 1 unspecified atom stereocenters. The van der Waals surface area contributed by atoms with E-state index in [9.17, 15) is 0 Å². The molecule has 0 aliphatic rings. The Morgan fingerprint density at radius 2 is 1.69 bits per heavy atom. The van der Waals surface area contributed by atoms with Crippen molar-refractivity contribution in [2.75, 3.05) is 26.2 Å². The minimum atomic E-state index is 0.669. The van der Waals surface area contributed by atoms with Crippen molar-refractivity contribution in [1.82, 2.24) is 10.2 Å². The molecule has 1 atom stereocenters. The molecule has 0 aromatic rings. The third-order valence-corrected chi connectivity index (χ3v) is 3.08. The molecule has 0 fully saturated rings. The molecule has 0 saturated heterocycles. The van der Waals surface area contributed by atoms with Crippen LogP contribution in [0.15, 0.2) is 0 Å². The van der Waals surface area contributed by atoms with Crippen LogP contribution in [0.25, 0.3) is 0 Å². The van der Waals surface area contributed by atoms with E-state index in [0.717, 1.165) is 12.5 Å². The second-order valence-electron chi connectivity index (χ2n) is 5.26. The monoisotopic (exact) mass is 228 g/mol. The SMILES string of the molecule is CCCN(CC)CCNC(C)CCC(C)C. The summed E-state index contributed by atoms with van der Waals surface area (Å²) in [7, 11) is 0. The highest BCUT2D eigenvalue weighted by Crippen LogP contribution is 2.06. The second kappa shape index (κ2) is 10.1. The summed E-state index contributed by atoms with van der Waals surface area (Å²) in [5.41, 5.74) is 0. The lowest BCUT2D eigenvalue weighted by Crippen LogP contribution is -2.36. The maximum Gasteiger partial charge on any atom is 0.0107 e. The summed E-state index contributed by atoms with van der Waals surface area (Å²) >= 11 is 0. The van der Waals surface area contributed by atoms with E-state index in [-0.39, 0.29) is 0 Å². The van der Waals surface area contributed by atoms with Crippen LogP contribution < -0.4 is 5.32 Å². The Morgan fingerprint density at radius 3 is 2.19 bits per heavy atom. The van der Waals surface area contributed by atoms with Gasteiger partial charge in [-0.05, 0) is 45.2 Å². The van der Waals surface area contributed by atoms with Gasteiger partial charge in [0.15, 0.2) is 0 Å². The molecule has 0 rings (SSSR count). The normalized spacial score (nSPS) is 13.7. The van der Waals surface area contributed by atoms with Crippen LogP contribution in [0.4, 0.5) is 0 Å². The highest BCUT2D eigenvalue weighted by atomic mass is 15.1. The van der Waals surface area contributed by atoms with Crippen LogP contribution in [-0.2, 0) is 0 Å². The molecule has 98 valence electrons. The van der Waals surface area contributed by atoms with Crippen molar-refractivity contribution in [2.24, 2.45) is 5.92 Å². The zero-order valence-corrected chi connectivity index (χ0v) is 12.1. The average Bonchev–Trinajstić information content (AvgIpc) is 2.25. The van der Waals surface area contributed by atoms with Crippen molar-refractivity contribution in [1.29, 1.82) is 0 Å². The quantitative estimate of drug-likeness (QED) is 0.618. The van der Waals surface area contributed by atoms with Crippen LogP contribution in [0.1, 0.15) is 53.9 Å². The average molecular weight is 228 g/mol. The summed E-state index contributed by atoms with van der Waals surface area (Å²) in [6.45, 7) is 16.1. The summed E-state index contributed by atoms with van der Waals surface area (Å²) in [5, 5.41) is 3.62. The van der Waals surface area contributed by atoms with Gasteiger partial charge < -0.3 is 10.2 Å². The van der Waals surface area contributed by atoms with E-state index in [0.29, 0.717) is 6.04 Å². The summed E-state index contributed by atoms with van der Waals surface area (Å²) in [6, 6.07) is 0.669. The molecule has 0 heterocycles. The molecule has 1 N–H and O–H groups in total. The molecular weight excluding hydrogens is 196 g/mol. The first-order chi connectivity index (χ1) is 7.60. The van der Waals surface area contributed by atoms with Crippen molar-refractivity contribution >= 4 is 0 Å². The Morgan fingerprint density at radius 1 is 1.00 bits per heavy atom. The van der Waals surface area contributed by atoms with Crippen LogP contribution in [-0.4, -0.2) is 37.1 Å². The molecule has 2 nitrogen and oxygen atoms in total. The topological polar surface area (TPSA) is 15.3 Å². The van der Waals surface area contributed by atoms with Crippen molar-refractivity contribution in [3.8, 4) is 0 Å². The number of nitrogens with one attached hydrogen (secondary N) is 1. The Bertz CT molecular complexity index is 146. The maximum absolute atomic E-state index is 3.62. The Labute approximate surface area is 103 Å². The summed E-state index contributed by atoms with van der Waals surface area (Å²) in [5.74, 6) is 0.830. The van der Waals surface area contributed by atoms with E-state index in [4.69, 9.17) is 0 Å². The van der Waals surface area contributed by atoms with Gasteiger partial charge in [-0.2, -0.15) is 0 Å². The van der Waals surface area contributed by atoms with Crippen molar-refractivity contribution in [3.05, 3.63) is 0 Å². The highest BCUT2D eigenvalue weighted by molar-refractivity contribution is 4.64. The number of rotatable bonds is 10. The maximum atomic E-state index is 3.62. The Kier molecular flexibility index (Phi) is 10.0. The summed E-state index contributed by atoms with van der Waals surface area (Å²) in [4.78, 5) is 2.52. The van der Waals surface area contributed by atoms with E-state index in [2.05, 4.69) is 44.8 Å². The lowest BCUT2D eigenvalue weighted by molar-refractivity contribution is 0.281. The number of hydrogen-bond acceptors (Lipinski definition) is 2. The first kappa shape index (κ1) is 15.9. The van der Waals surface area contributed by atoms with Gasteiger partial charge in [0.1, 0.15) is 0 Å². The zero-order chi connectivity index (χ0) is 12.4. The van der Waals surface area contributed by atoms with E-state index in [1.807, 2.05) is 0 Å². The van der Waals surface area contributed by atoms with Crippen LogP contribution >= 0.6 is 0 Å². The lowest BCUT2D eigenvalue weighted by Gasteiger charge is -2.21. The van der Waals surface area contributed by atoms with E-state index in [1.54, 1.807) is 0 Å². The lowest BCUT2D eigenvalue weighted by atomic mass is 10.0. The van der Waals surface area contributed by atoms with Gasteiger partial charge in [-0.1, -0.05) is 27.7 Å². The Balaban J connectivity index is 3.47. The highest BCUT2D eigenvalue weighted by Gasteiger charge is 2.04. The van der Waals surface area contributed by atoms with Crippen LogP contribution in [0.2, 0.25) is 0 Å². The van der Waals surface area contributed by atoms with Crippen molar-refractivity contribution in [3.63, 3.8) is 0 Å². The molecular formula is C14H32N2. The Hall–Kier alpha value is -0.0800. The predicted octanol–water partition coefficient (Wildman–Crippen LogP) is 3.13. The molecule has 0 aliphatic heterocycles. The van der Waals surface area contributed by atoms with Crippen LogP contribution in [0.3, 0.4) is 0 Å². The zero-order valence-electron chi connectivity index (χ0n) is 12.1. The molecule has 2 heteroatoms. The smallest absolute Gasteiger partial charge is 0.0107 e. The molecule has 0 saturated carbocycles. The summed E-state index contributed by atoms with van der Waals surface area (Å²) in [6.07, 6.45) is 3.90. The van der Waals surface area contributed by atoms with Gasteiger partial charge in [-0.25, -0.2) is 0 Å². The number of hydrogen-bond donors (Lipinski definition) is 1. The first-order valence-corrected chi connectivity index (χ1v) is 7.05. The van der Waals surface area contributed by atoms with E-state index in [1.165, 1.54) is 38.9 Å². The van der Waals surface area contributed by atoms with Gasteiger partial charge in [-0.15, -0.1) is 0 Å². The molecule has 0 spiro atoms. The van der Waals surface area contributed by atoms with Gasteiger partial charge in [0.05, 0.1) is 0 Å². The molecule has 0 amide bonds. The fourth-order valence-corrected chi connectivity index (χ4v) is 1.90. The molecule has 0 radical (unpaired) electrons. The third-order valence-electron chi connectivity index (χ3n) is 3.08. The number of nitrogens with zero attached hydrogens (tertiary/aromatic N) is 1. The van der Waals surface area contributed by atoms with Crippen LogP contribution in [0.5, 0.6) is 0 Å². The first-order valence-electron chi connectivity index (χ1n) is 7.05. The molecule has 0 aromatic heterocycles. The van der Waals surface area contributed by atoms with Crippen LogP contribution in [0, 0.1) is 5.92 Å². The van der Waals surface area contributed by atoms with Gasteiger partial charge in [-0.3, -0.25) is 0 Å². The second-order valence-corrected chi connectivity index (χ2v) is 5.26. The fourth-order valence-electron chi connectivity index (χ4n) is 1.90. The molecule has 0 aliphatic carbocycles. The minimum Gasteiger partial charge on any atom is -0.313 e. The largest absolute Gasteiger partial charge is 0.313 e. The van der Waals surface area contributed by atoms with Gasteiger partial charge in [0.2, 0.25) is 0 Å². The standard InChI is InChI=1S/C14H32N2/c1-6-11-16(7-2)12-10-15-14(5)9-8-13(3)4/h13-15H,6-12H2,1-5H3. The molecule has 0 aromatic carbocycles. The predicted molar refractivity (Wildman–Crippen MR) is 73.9 cm³/mol.